The van der Waals surface area contributed by atoms with E-state index in [2.05, 4.69) is 10.6 Å². The van der Waals surface area contributed by atoms with Gasteiger partial charge in [0.25, 0.3) is 0 Å². The Kier molecular flexibility index (Phi) is 8.90. The van der Waals surface area contributed by atoms with Crippen molar-refractivity contribution < 1.29 is 13.0 Å². The second-order valence-corrected chi connectivity index (χ2v) is 11.0. The molecule has 1 fully saturated rings. The molecule has 8 heteroatoms. The predicted molar refractivity (Wildman–Crippen MR) is 109 cm³/mol. The van der Waals surface area contributed by atoms with Crippen LogP contribution in [0.2, 0.25) is 0 Å². The van der Waals surface area contributed by atoms with Crippen LogP contribution in [0.25, 0.3) is 0 Å². The van der Waals surface area contributed by atoms with Gasteiger partial charge in [0.2, 0.25) is 0 Å². The Labute approximate surface area is 158 Å². The molecule has 3 N–H and O–H groups in total. The van der Waals surface area contributed by atoms with Gasteiger partial charge in [-0.2, -0.15) is 0 Å². The van der Waals surface area contributed by atoms with Gasteiger partial charge in [-0.25, -0.2) is 0 Å². The summed E-state index contributed by atoms with van der Waals surface area (Å²) in [5.41, 5.74) is 0.860. The summed E-state index contributed by atoms with van der Waals surface area (Å²) in [6.07, 6.45) is 0.849. The maximum atomic E-state index is 11.3. The molecule has 1 amide bonds. The van der Waals surface area contributed by atoms with Gasteiger partial charge in [-0.05, 0) is 0 Å². The summed E-state index contributed by atoms with van der Waals surface area (Å²) in [4.78, 5) is 13.0. The van der Waals surface area contributed by atoms with Crippen molar-refractivity contribution in [3.63, 3.8) is 0 Å². The SMILES string of the molecule is CN(C)I(O)CCNCCN(C=O)c1ccc(OCC2CNC2)cc1. The number of anilines is 1. The summed E-state index contributed by atoms with van der Waals surface area (Å²) in [7, 11) is 3.82. The minimum atomic E-state index is -1.93. The van der Waals surface area contributed by atoms with Crippen LogP contribution in [-0.4, -0.2) is 70.8 Å². The number of nitrogens with zero attached hydrogens (tertiary/aromatic N) is 2. The van der Waals surface area contributed by atoms with Gasteiger partial charge in [-0.15, -0.1) is 0 Å². The Hall–Kier alpha value is -0.940. The van der Waals surface area contributed by atoms with Gasteiger partial charge in [0.1, 0.15) is 0 Å². The molecule has 0 bridgehead atoms. The molecule has 0 atom stereocenters. The van der Waals surface area contributed by atoms with Gasteiger partial charge < -0.3 is 5.32 Å². The first-order valence-electron chi connectivity index (χ1n) is 8.49. The number of benzene rings is 1. The van der Waals surface area contributed by atoms with Gasteiger partial charge in [-0.3, -0.25) is 0 Å². The summed E-state index contributed by atoms with van der Waals surface area (Å²) in [6, 6.07) is 7.63. The average Bonchev–Trinajstić information content (AvgIpc) is 2.57. The van der Waals surface area contributed by atoms with E-state index in [0.717, 1.165) is 48.5 Å². The Bertz CT molecular complexity index is 511. The molecular formula is C17H29IN4O3. The van der Waals surface area contributed by atoms with Gasteiger partial charge in [0.15, 0.2) is 0 Å². The summed E-state index contributed by atoms with van der Waals surface area (Å²) in [6.45, 7) is 4.85. The monoisotopic (exact) mass is 464 g/mol. The molecule has 1 aliphatic rings. The molecule has 1 heterocycles. The molecule has 142 valence electrons. The maximum absolute atomic E-state index is 11.3. The first-order chi connectivity index (χ1) is 12.1. The van der Waals surface area contributed by atoms with Crippen molar-refractivity contribution in [2.24, 2.45) is 5.92 Å². The molecule has 7 nitrogen and oxygen atoms in total. The Morgan fingerprint density at radius 1 is 1.32 bits per heavy atom. The van der Waals surface area contributed by atoms with Gasteiger partial charge >= 0.3 is 134 Å². The molecule has 0 aliphatic carbocycles. The van der Waals surface area contributed by atoms with Crippen LogP contribution in [0, 0.1) is 5.92 Å². The number of rotatable bonds is 12. The molecule has 0 radical (unpaired) electrons. The number of carbonyl (C=O) groups is 1. The van der Waals surface area contributed by atoms with E-state index in [0.29, 0.717) is 19.0 Å². The van der Waals surface area contributed by atoms with Crippen LogP contribution >= 0.6 is 20.5 Å². The van der Waals surface area contributed by atoms with Crippen LogP contribution in [0.5, 0.6) is 5.75 Å². The second kappa shape index (κ2) is 10.9. The Morgan fingerprint density at radius 3 is 2.60 bits per heavy atom. The first-order valence-corrected chi connectivity index (χ1v) is 11.9. The third-order valence-electron chi connectivity index (χ3n) is 4.01. The van der Waals surface area contributed by atoms with Crippen LogP contribution in [0.4, 0.5) is 5.69 Å². The van der Waals surface area contributed by atoms with Crippen LogP contribution in [0.3, 0.4) is 0 Å². The summed E-state index contributed by atoms with van der Waals surface area (Å²) < 4.78 is 18.3. The van der Waals surface area contributed by atoms with Crippen LogP contribution < -0.4 is 20.3 Å². The summed E-state index contributed by atoms with van der Waals surface area (Å²) in [5.74, 6) is 1.44. The number of nitrogens with one attached hydrogen (secondary N) is 2. The molecule has 1 aromatic carbocycles. The fourth-order valence-corrected chi connectivity index (χ4v) is 4.13. The van der Waals surface area contributed by atoms with Gasteiger partial charge in [0.05, 0.1) is 0 Å². The van der Waals surface area contributed by atoms with E-state index in [1.54, 1.807) is 4.90 Å². The zero-order valence-corrected chi connectivity index (χ0v) is 17.1. The number of ether oxygens (including phenoxy) is 1. The van der Waals surface area contributed by atoms with Crippen molar-refractivity contribution in [1.29, 1.82) is 0 Å². The fourth-order valence-electron chi connectivity index (χ4n) is 2.30. The topological polar surface area (TPSA) is 77.1 Å². The fraction of sp³-hybridized carbons (Fsp3) is 0.588. The molecular weight excluding hydrogens is 435 g/mol. The van der Waals surface area contributed by atoms with Crippen molar-refractivity contribution in [3.05, 3.63) is 24.3 Å². The second-order valence-electron chi connectivity index (χ2n) is 6.17. The van der Waals surface area contributed by atoms with Crippen molar-refractivity contribution >= 4 is 32.6 Å². The number of amides is 1. The Morgan fingerprint density at radius 2 is 2.04 bits per heavy atom. The van der Waals surface area contributed by atoms with E-state index in [1.807, 2.05) is 41.5 Å². The molecule has 0 spiro atoms. The number of hydrogen-bond acceptors (Lipinski definition) is 6. The first kappa shape index (κ1) is 20.4. The zero-order valence-electron chi connectivity index (χ0n) is 14.9. The standard InChI is InChI=1S/C17H29IN4O3/c1-21(2)18(24)7-8-19-9-10-22(14-23)16-3-5-17(6-4-16)25-13-15-11-20-12-15/h3-6,14-15,19-20,24H,7-13H2,1-2H3. The van der Waals surface area contributed by atoms with Crippen LogP contribution in [0.1, 0.15) is 0 Å². The van der Waals surface area contributed by atoms with Crippen molar-refractivity contribution in [3.8, 4) is 5.75 Å². The van der Waals surface area contributed by atoms with E-state index < -0.39 is 20.5 Å². The third-order valence-corrected chi connectivity index (χ3v) is 7.74. The van der Waals surface area contributed by atoms with Gasteiger partial charge in [-0.1, -0.05) is 0 Å². The molecule has 1 aromatic rings. The minimum absolute atomic E-state index is 0.596. The normalized spacial score (nSPS) is 15.0. The zero-order chi connectivity index (χ0) is 18.1. The van der Waals surface area contributed by atoms with Crippen molar-refractivity contribution in [2.45, 2.75) is 0 Å². The molecule has 0 aromatic heterocycles. The van der Waals surface area contributed by atoms with Crippen molar-refractivity contribution in [2.75, 3.05) is 62.8 Å². The van der Waals surface area contributed by atoms with E-state index >= 15 is 0 Å². The Balaban J connectivity index is 1.69. The molecule has 0 saturated carbocycles. The molecule has 1 saturated heterocycles. The number of hydrogen-bond donors (Lipinski definition) is 3. The molecule has 25 heavy (non-hydrogen) atoms. The average molecular weight is 464 g/mol. The summed E-state index contributed by atoms with van der Waals surface area (Å²) in [5, 5.41) is 6.51. The number of halogens is 1. The summed E-state index contributed by atoms with van der Waals surface area (Å²) >= 11 is -1.93. The molecule has 2 rings (SSSR count). The van der Waals surface area contributed by atoms with E-state index in [4.69, 9.17) is 4.74 Å². The van der Waals surface area contributed by atoms with Gasteiger partial charge in [0, 0.05) is 19.0 Å². The molecule has 1 aliphatic heterocycles. The number of alkyl halides is 1. The quantitative estimate of drug-likeness (QED) is 0.139. The van der Waals surface area contributed by atoms with E-state index in [9.17, 15) is 8.23 Å². The van der Waals surface area contributed by atoms with E-state index in [-0.39, 0.29) is 0 Å². The van der Waals surface area contributed by atoms with Crippen LogP contribution in [0.15, 0.2) is 24.3 Å². The predicted octanol–water partition coefficient (Wildman–Crippen LogP) is 0.728. The van der Waals surface area contributed by atoms with E-state index in [1.165, 1.54) is 0 Å². The van der Waals surface area contributed by atoms with Crippen molar-refractivity contribution in [1.82, 2.24) is 13.7 Å². The molecule has 0 unspecified atom stereocenters. The third kappa shape index (κ3) is 7.06. The number of carbonyl (C=O) groups excluding carboxylic acids is 1. The van der Waals surface area contributed by atoms with Crippen LogP contribution in [-0.2, 0) is 4.79 Å².